The number of rotatable bonds is 3. The predicted molar refractivity (Wildman–Crippen MR) is 78.6 cm³/mol. The fourth-order valence-corrected chi connectivity index (χ4v) is 2.49. The Labute approximate surface area is 128 Å². The molecule has 116 valence electrons. The van der Waals surface area contributed by atoms with Crippen LogP contribution in [0, 0.1) is 13.8 Å². The number of aromatic nitrogens is 2. The van der Waals surface area contributed by atoms with Gasteiger partial charge in [0.15, 0.2) is 5.82 Å². The number of benzene rings is 1. The van der Waals surface area contributed by atoms with E-state index < -0.39 is 0 Å². The summed E-state index contributed by atoms with van der Waals surface area (Å²) < 4.78 is 10.6. The number of hydrogen-bond donors (Lipinski definition) is 2. The van der Waals surface area contributed by atoms with Crippen molar-refractivity contribution in [1.29, 1.82) is 0 Å². The lowest BCUT2D eigenvalue weighted by Gasteiger charge is -2.27. The van der Waals surface area contributed by atoms with Crippen molar-refractivity contribution in [2.75, 3.05) is 6.61 Å². The van der Waals surface area contributed by atoms with E-state index >= 15 is 0 Å². The fraction of sp³-hybridized carbons (Fsp3) is 0.400. The normalized spacial score (nSPS) is 16.5. The minimum absolute atomic E-state index is 0.0543. The van der Waals surface area contributed by atoms with Crippen molar-refractivity contribution in [3.63, 3.8) is 0 Å². The third-order valence-corrected chi connectivity index (χ3v) is 3.50. The second-order valence-electron chi connectivity index (χ2n) is 5.33. The number of aryl methyl sites for hydroxylation is 2. The van der Waals surface area contributed by atoms with Gasteiger partial charge in [-0.1, -0.05) is 23.4 Å². The molecule has 7 heteroatoms. The molecule has 0 radical (unpaired) electrons. The van der Waals surface area contributed by atoms with Crippen LogP contribution in [0.4, 0.5) is 4.79 Å². The molecule has 0 bridgehead atoms. The minimum Gasteiger partial charge on any atom is -0.491 e. The van der Waals surface area contributed by atoms with E-state index in [0.29, 0.717) is 18.3 Å². The van der Waals surface area contributed by atoms with Crippen LogP contribution < -0.4 is 15.4 Å². The van der Waals surface area contributed by atoms with Crippen molar-refractivity contribution in [3.8, 4) is 5.75 Å². The molecule has 3 rings (SSSR count). The van der Waals surface area contributed by atoms with Gasteiger partial charge >= 0.3 is 6.03 Å². The predicted octanol–water partition coefficient (Wildman–Crippen LogP) is 1.49. The number of carbonyl (C=O) groups excluding carboxylic acids is 1. The molecule has 2 aromatic rings. The van der Waals surface area contributed by atoms with E-state index in [1.807, 2.05) is 25.1 Å². The largest absolute Gasteiger partial charge is 0.491 e. The smallest absolute Gasteiger partial charge is 0.315 e. The Bertz CT molecular complexity index is 683. The molecule has 2 N–H and O–H groups in total. The van der Waals surface area contributed by atoms with Crippen molar-refractivity contribution < 1.29 is 14.1 Å². The zero-order valence-corrected chi connectivity index (χ0v) is 12.5. The molecule has 1 aromatic carbocycles. The number of hydrogen-bond acceptors (Lipinski definition) is 5. The number of urea groups is 1. The first-order valence-corrected chi connectivity index (χ1v) is 7.16. The Morgan fingerprint density at radius 2 is 2.27 bits per heavy atom. The van der Waals surface area contributed by atoms with Gasteiger partial charge in [-0.3, -0.25) is 0 Å². The van der Waals surface area contributed by atoms with Crippen LogP contribution in [0.1, 0.15) is 22.8 Å². The Hall–Kier alpha value is -2.57. The lowest BCUT2D eigenvalue weighted by molar-refractivity contribution is 0.213. The maximum atomic E-state index is 11.9. The molecule has 2 heterocycles. The van der Waals surface area contributed by atoms with Crippen LogP contribution >= 0.6 is 0 Å². The first kappa shape index (κ1) is 14.4. The molecule has 1 atom stereocenters. The first-order chi connectivity index (χ1) is 10.6. The van der Waals surface area contributed by atoms with E-state index in [1.165, 1.54) is 0 Å². The number of nitrogens with one attached hydrogen (secondary N) is 2. The Morgan fingerprint density at radius 1 is 1.41 bits per heavy atom. The van der Waals surface area contributed by atoms with E-state index in [2.05, 4.69) is 20.8 Å². The van der Waals surface area contributed by atoms with E-state index in [0.717, 1.165) is 23.3 Å². The SMILES string of the molecule is Cc1nc(CNC(=O)NC2COc3c(C)cccc3C2)no1. The quantitative estimate of drug-likeness (QED) is 0.896. The Kier molecular flexibility index (Phi) is 3.95. The van der Waals surface area contributed by atoms with Gasteiger partial charge in [-0.2, -0.15) is 4.98 Å². The number of carbonyl (C=O) groups is 1. The van der Waals surface area contributed by atoms with Gasteiger partial charge in [0.1, 0.15) is 12.4 Å². The highest BCUT2D eigenvalue weighted by molar-refractivity contribution is 5.74. The van der Waals surface area contributed by atoms with Gasteiger partial charge in [0.25, 0.3) is 0 Å². The molecule has 0 saturated carbocycles. The molecular formula is C15H18N4O3. The van der Waals surface area contributed by atoms with Crippen LogP contribution in [-0.2, 0) is 13.0 Å². The number of fused-ring (bicyclic) bond motifs is 1. The zero-order valence-electron chi connectivity index (χ0n) is 12.5. The summed E-state index contributed by atoms with van der Waals surface area (Å²) in [5, 5.41) is 9.32. The topological polar surface area (TPSA) is 89.3 Å². The molecule has 0 spiro atoms. The molecule has 7 nitrogen and oxygen atoms in total. The summed E-state index contributed by atoms with van der Waals surface area (Å²) in [5.74, 6) is 1.86. The standard InChI is InChI=1S/C15H18N4O3/c1-9-4-3-5-11-6-12(8-21-14(9)11)18-15(20)16-7-13-17-10(2)22-19-13/h3-5,12H,6-8H2,1-2H3,(H2,16,18,20). The van der Waals surface area contributed by atoms with E-state index in [9.17, 15) is 4.79 Å². The van der Waals surface area contributed by atoms with Crippen molar-refractivity contribution in [1.82, 2.24) is 20.8 Å². The van der Waals surface area contributed by atoms with Gasteiger partial charge < -0.3 is 19.9 Å². The summed E-state index contributed by atoms with van der Waals surface area (Å²) in [6, 6.07) is 5.72. The van der Waals surface area contributed by atoms with Crippen LogP contribution in [0.25, 0.3) is 0 Å². The second-order valence-corrected chi connectivity index (χ2v) is 5.33. The molecule has 0 aliphatic carbocycles. The summed E-state index contributed by atoms with van der Waals surface area (Å²) in [7, 11) is 0. The van der Waals surface area contributed by atoms with E-state index in [1.54, 1.807) is 6.92 Å². The average molecular weight is 302 g/mol. The summed E-state index contributed by atoms with van der Waals surface area (Å²) >= 11 is 0. The van der Waals surface area contributed by atoms with Gasteiger partial charge in [-0.25, -0.2) is 4.79 Å². The third-order valence-electron chi connectivity index (χ3n) is 3.50. The average Bonchev–Trinajstić information content (AvgIpc) is 2.91. The number of amides is 2. The molecule has 1 unspecified atom stereocenters. The fourth-order valence-electron chi connectivity index (χ4n) is 2.49. The molecule has 22 heavy (non-hydrogen) atoms. The highest BCUT2D eigenvalue weighted by atomic mass is 16.5. The van der Waals surface area contributed by atoms with Gasteiger partial charge in [-0.15, -0.1) is 0 Å². The van der Waals surface area contributed by atoms with E-state index in [-0.39, 0.29) is 18.6 Å². The number of ether oxygens (including phenoxy) is 1. The monoisotopic (exact) mass is 302 g/mol. The highest BCUT2D eigenvalue weighted by Crippen LogP contribution is 2.28. The number of para-hydroxylation sites is 1. The molecule has 1 aliphatic rings. The van der Waals surface area contributed by atoms with Crippen LogP contribution in [0.3, 0.4) is 0 Å². The summed E-state index contributed by atoms with van der Waals surface area (Å²) in [4.78, 5) is 15.9. The highest BCUT2D eigenvalue weighted by Gasteiger charge is 2.22. The Balaban J connectivity index is 1.52. The van der Waals surface area contributed by atoms with Crippen molar-refractivity contribution >= 4 is 6.03 Å². The van der Waals surface area contributed by atoms with Gasteiger partial charge in [0.05, 0.1) is 12.6 Å². The second kappa shape index (κ2) is 6.05. The first-order valence-electron chi connectivity index (χ1n) is 7.16. The van der Waals surface area contributed by atoms with Gasteiger partial charge in [0, 0.05) is 6.92 Å². The molecule has 2 amide bonds. The van der Waals surface area contributed by atoms with Crippen molar-refractivity contribution in [2.24, 2.45) is 0 Å². The molecule has 1 aliphatic heterocycles. The third kappa shape index (κ3) is 3.19. The molecule has 0 fully saturated rings. The number of nitrogens with zero attached hydrogens (tertiary/aromatic N) is 2. The Morgan fingerprint density at radius 3 is 3.05 bits per heavy atom. The van der Waals surface area contributed by atoms with Crippen molar-refractivity contribution in [3.05, 3.63) is 41.0 Å². The lowest BCUT2D eigenvalue weighted by atomic mass is 10.0. The van der Waals surface area contributed by atoms with Gasteiger partial charge in [0.2, 0.25) is 5.89 Å². The van der Waals surface area contributed by atoms with Crippen LogP contribution in [0.2, 0.25) is 0 Å². The maximum absolute atomic E-state index is 11.9. The molecule has 1 aromatic heterocycles. The molecular weight excluding hydrogens is 284 g/mol. The summed E-state index contributed by atoms with van der Waals surface area (Å²) in [5.41, 5.74) is 2.23. The van der Waals surface area contributed by atoms with Crippen LogP contribution in [-0.4, -0.2) is 28.8 Å². The summed E-state index contributed by atoms with van der Waals surface area (Å²) in [6.07, 6.45) is 0.756. The van der Waals surface area contributed by atoms with Crippen molar-refractivity contribution in [2.45, 2.75) is 32.9 Å². The summed E-state index contributed by atoms with van der Waals surface area (Å²) in [6.45, 7) is 4.42. The molecule has 0 saturated heterocycles. The van der Waals surface area contributed by atoms with Gasteiger partial charge in [-0.05, 0) is 24.5 Å². The van der Waals surface area contributed by atoms with Crippen LogP contribution in [0.15, 0.2) is 22.7 Å². The minimum atomic E-state index is -0.271. The van der Waals surface area contributed by atoms with E-state index in [4.69, 9.17) is 9.26 Å². The maximum Gasteiger partial charge on any atom is 0.315 e. The van der Waals surface area contributed by atoms with Crippen LogP contribution in [0.5, 0.6) is 5.75 Å². The lowest BCUT2D eigenvalue weighted by Crippen LogP contribution is -2.47. The zero-order chi connectivity index (χ0) is 15.5.